The predicted molar refractivity (Wildman–Crippen MR) is 104 cm³/mol. The van der Waals surface area contributed by atoms with Gasteiger partial charge in [-0.15, -0.1) is 0 Å². The van der Waals surface area contributed by atoms with Gasteiger partial charge in [0.1, 0.15) is 6.26 Å². The van der Waals surface area contributed by atoms with E-state index in [1.165, 1.54) is 5.56 Å². The van der Waals surface area contributed by atoms with Gasteiger partial charge in [0.25, 0.3) is 5.91 Å². The number of nitrogens with zero attached hydrogens (tertiary/aromatic N) is 2. The van der Waals surface area contributed by atoms with Gasteiger partial charge in [0.15, 0.2) is 5.69 Å². The Kier molecular flexibility index (Phi) is 4.77. The average molecular weight is 361 g/mol. The number of amides is 1. The van der Waals surface area contributed by atoms with E-state index in [0.29, 0.717) is 25.3 Å². The van der Waals surface area contributed by atoms with Crippen molar-refractivity contribution in [2.75, 3.05) is 19.6 Å². The zero-order chi connectivity index (χ0) is 18.7. The minimum absolute atomic E-state index is 0.0654. The second-order valence-electron chi connectivity index (χ2n) is 7.09. The van der Waals surface area contributed by atoms with Crippen LogP contribution in [0.2, 0.25) is 0 Å². The molecule has 0 atom stereocenters. The van der Waals surface area contributed by atoms with E-state index in [1.807, 2.05) is 53.4 Å². The van der Waals surface area contributed by atoms with Crippen molar-refractivity contribution in [3.05, 3.63) is 78.2 Å². The van der Waals surface area contributed by atoms with E-state index < -0.39 is 0 Å². The first kappa shape index (κ1) is 17.5. The van der Waals surface area contributed by atoms with Gasteiger partial charge in [-0.2, -0.15) is 0 Å². The van der Waals surface area contributed by atoms with Crippen LogP contribution in [0.3, 0.4) is 0 Å². The number of hydrogen-bond donors (Lipinski definition) is 1. The van der Waals surface area contributed by atoms with E-state index in [2.05, 4.69) is 17.3 Å². The molecule has 0 unspecified atom stereocenters. The highest BCUT2D eigenvalue weighted by molar-refractivity contribution is 5.98. The maximum absolute atomic E-state index is 13.1. The molecule has 2 heterocycles. The first-order valence-electron chi connectivity index (χ1n) is 9.28. The second kappa shape index (κ2) is 7.37. The number of rotatable bonds is 4. The number of carbonyl (C=O) groups is 1. The van der Waals surface area contributed by atoms with Crippen molar-refractivity contribution in [2.24, 2.45) is 5.73 Å². The summed E-state index contributed by atoms with van der Waals surface area (Å²) in [5.74, 6) is -0.0821. The fourth-order valence-electron chi connectivity index (χ4n) is 3.90. The fourth-order valence-corrected chi connectivity index (χ4v) is 3.90. The Morgan fingerprint density at radius 2 is 1.67 bits per heavy atom. The molecule has 5 nitrogen and oxygen atoms in total. The normalized spacial score (nSPS) is 16.3. The molecule has 138 valence electrons. The van der Waals surface area contributed by atoms with Crippen LogP contribution in [0, 0.1) is 0 Å². The van der Waals surface area contributed by atoms with Crippen LogP contribution in [-0.4, -0.2) is 35.6 Å². The van der Waals surface area contributed by atoms with Gasteiger partial charge in [-0.3, -0.25) is 4.79 Å². The van der Waals surface area contributed by atoms with E-state index in [1.54, 1.807) is 6.26 Å². The van der Waals surface area contributed by atoms with Crippen molar-refractivity contribution < 1.29 is 9.32 Å². The monoisotopic (exact) mass is 361 g/mol. The molecule has 4 rings (SSSR count). The summed E-state index contributed by atoms with van der Waals surface area (Å²) in [6.07, 6.45) is 3.23. The van der Waals surface area contributed by atoms with Gasteiger partial charge in [-0.25, -0.2) is 0 Å². The van der Waals surface area contributed by atoms with Crippen LogP contribution in [0.4, 0.5) is 0 Å². The summed E-state index contributed by atoms with van der Waals surface area (Å²) in [4.78, 5) is 14.9. The zero-order valence-corrected chi connectivity index (χ0v) is 15.2. The van der Waals surface area contributed by atoms with E-state index in [0.717, 1.165) is 24.0 Å². The number of hydrogen-bond acceptors (Lipinski definition) is 4. The summed E-state index contributed by atoms with van der Waals surface area (Å²) in [6.45, 7) is 1.90. The number of piperidine rings is 1. The molecule has 1 aliphatic heterocycles. The molecule has 0 spiro atoms. The Morgan fingerprint density at radius 3 is 2.30 bits per heavy atom. The lowest BCUT2D eigenvalue weighted by atomic mass is 9.73. The Bertz CT molecular complexity index is 898. The molecule has 0 bridgehead atoms. The van der Waals surface area contributed by atoms with Crippen LogP contribution in [0.15, 0.2) is 71.4 Å². The Balaban J connectivity index is 1.53. The first-order valence-corrected chi connectivity index (χ1v) is 9.28. The standard InChI is InChI=1S/C22H23N3O2/c23-16-22(18-9-5-2-6-10-18)11-13-25(14-12-22)21(26)20-19(15-27-24-20)17-7-3-1-4-8-17/h1-10,15H,11-14,16,23H2. The summed E-state index contributed by atoms with van der Waals surface area (Å²) < 4.78 is 5.13. The van der Waals surface area contributed by atoms with Crippen LogP contribution in [0.5, 0.6) is 0 Å². The molecule has 1 aromatic heterocycles. The van der Waals surface area contributed by atoms with Gasteiger partial charge < -0.3 is 15.2 Å². The van der Waals surface area contributed by atoms with E-state index in [-0.39, 0.29) is 11.3 Å². The molecule has 5 heteroatoms. The van der Waals surface area contributed by atoms with Gasteiger partial charge in [-0.1, -0.05) is 65.8 Å². The van der Waals surface area contributed by atoms with Crippen molar-refractivity contribution in [1.29, 1.82) is 0 Å². The summed E-state index contributed by atoms with van der Waals surface area (Å²) in [7, 11) is 0. The lowest BCUT2D eigenvalue weighted by Gasteiger charge is -2.41. The molecule has 0 saturated carbocycles. The van der Waals surface area contributed by atoms with Crippen LogP contribution >= 0.6 is 0 Å². The van der Waals surface area contributed by atoms with Crippen molar-refractivity contribution >= 4 is 5.91 Å². The topological polar surface area (TPSA) is 72.4 Å². The molecule has 1 saturated heterocycles. The SMILES string of the molecule is NCC1(c2ccccc2)CCN(C(=O)c2nocc2-c2ccccc2)CC1. The number of nitrogens with two attached hydrogens (primary N) is 1. The summed E-state index contributed by atoms with van der Waals surface area (Å²) in [6, 6.07) is 20.1. The van der Waals surface area contributed by atoms with Crippen molar-refractivity contribution in [3.8, 4) is 11.1 Å². The third-order valence-corrected chi connectivity index (χ3v) is 5.64. The molecule has 0 radical (unpaired) electrons. The number of carbonyl (C=O) groups excluding carboxylic acids is 1. The van der Waals surface area contributed by atoms with Crippen molar-refractivity contribution in [2.45, 2.75) is 18.3 Å². The summed E-state index contributed by atoms with van der Waals surface area (Å²) in [5.41, 5.74) is 9.39. The highest BCUT2D eigenvalue weighted by atomic mass is 16.5. The lowest BCUT2D eigenvalue weighted by molar-refractivity contribution is 0.0660. The van der Waals surface area contributed by atoms with E-state index in [9.17, 15) is 4.79 Å². The predicted octanol–water partition coefficient (Wildman–Crippen LogP) is 3.47. The lowest BCUT2D eigenvalue weighted by Crippen LogP contribution is -2.48. The van der Waals surface area contributed by atoms with Gasteiger partial charge in [-0.05, 0) is 24.0 Å². The molecule has 1 aliphatic rings. The maximum Gasteiger partial charge on any atom is 0.276 e. The largest absolute Gasteiger partial charge is 0.363 e. The molecule has 1 amide bonds. The number of benzene rings is 2. The summed E-state index contributed by atoms with van der Waals surface area (Å²) in [5, 5.41) is 3.99. The van der Waals surface area contributed by atoms with Crippen molar-refractivity contribution in [3.63, 3.8) is 0 Å². The molecule has 1 fully saturated rings. The minimum Gasteiger partial charge on any atom is -0.363 e. The highest BCUT2D eigenvalue weighted by Crippen LogP contribution is 2.35. The summed E-state index contributed by atoms with van der Waals surface area (Å²) >= 11 is 0. The van der Waals surface area contributed by atoms with E-state index in [4.69, 9.17) is 10.3 Å². The van der Waals surface area contributed by atoms with Gasteiger partial charge in [0, 0.05) is 25.0 Å². The van der Waals surface area contributed by atoms with Crippen molar-refractivity contribution in [1.82, 2.24) is 10.1 Å². The van der Waals surface area contributed by atoms with Crippen LogP contribution in [-0.2, 0) is 5.41 Å². The highest BCUT2D eigenvalue weighted by Gasteiger charge is 2.37. The molecular formula is C22H23N3O2. The fraction of sp³-hybridized carbons (Fsp3) is 0.273. The third-order valence-electron chi connectivity index (χ3n) is 5.64. The molecule has 3 aromatic rings. The molecular weight excluding hydrogens is 338 g/mol. The number of likely N-dealkylation sites (tertiary alicyclic amines) is 1. The molecule has 2 N–H and O–H groups in total. The third kappa shape index (κ3) is 3.26. The number of aromatic nitrogens is 1. The first-order chi connectivity index (χ1) is 13.2. The Hall–Kier alpha value is -2.92. The molecule has 27 heavy (non-hydrogen) atoms. The van der Waals surface area contributed by atoms with E-state index >= 15 is 0 Å². The second-order valence-corrected chi connectivity index (χ2v) is 7.09. The molecule has 2 aromatic carbocycles. The van der Waals surface area contributed by atoms with Crippen LogP contribution in [0.25, 0.3) is 11.1 Å². The maximum atomic E-state index is 13.1. The van der Waals surface area contributed by atoms with Gasteiger partial charge in [0.2, 0.25) is 0 Å². The Morgan fingerprint density at radius 1 is 1.04 bits per heavy atom. The Labute approximate surface area is 158 Å². The van der Waals surface area contributed by atoms with Crippen LogP contribution < -0.4 is 5.73 Å². The van der Waals surface area contributed by atoms with Gasteiger partial charge in [0.05, 0.1) is 5.56 Å². The quantitative estimate of drug-likeness (QED) is 0.772. The minimum atomic E-state index is -0.0821. The van der Waals surface area contributed by atoms with Crippen LogP contribution in [0.1, 0.15) is 28.9 Å². The molecule has 0 aliphatic carbocycles. The average Bonchev–Trinajstić information content (AvgIpc) is 3.24. The van der Waals surface area contributed by atoms with Gasteiger partial charge >= 0.3 is 0 Å². The zero-order valence-electron chi connectivity index (χ0n) is 15.2. The smallest absolute Gasteiger partial charge is 0.276 e.